The molecule has 0 aliphatic heterocycles. The fourth-order valence-corrected chi connectivity index (χ4v) is 1.68. The molecule has 0 aromatic carbocycles. The number of imidazole rings is 1. The van der Waals surface area contributed by atoms with E-state index >= 15 is 0 Å². The van der Waals surface area contributed by atoms with Crippen LogP contribution in [0.3, 0.4) is 0 Å². The van der Waals surface area contributed by atoms with Crippen LogP contribution in [0.1, 0.15) is 39.3 Å². The predicted octanol–water partition coefficient (Wildman–Crippen LogP) is 3.08. The summed E-state index contributed by atoms with van der Waals surface area (Å²) in [5.74, 6) is 1.67. The van der Waals surface area contributed by atoms with Gasteiger partial charge in [0.2, 0.25) is 5.95 Å². The van der Waals surface area contributed by atoms with Crippen LogP contribution >= 0.6 is 0 Å². The summed E-state index contributed by atoms with van der Waals surface area (Å²) in [4.78, 5) is 4.47. The molecule has 1 heterocycles. The molecule has 0 aliphatic rings. The molecule has 0 saturated carbocycles. The normalized spacial score (nSPS) is 11.2. The van der Waals surface area contributed by atoms with Gasteiger partial charge in [0, 0.05) is 25.9 Å². The first-order chi connectivity index (χ1) is 8.63. The lowest BCUT2D eigenvalue weighted by atomic mass is 10.1. The quantitative estimate of drug-likeness (QED) is 0.687. The van der Waals surface area contributed by atoms with Crippen molar-refractivity contribution >= 4 is 5.95 Å². The lowest BCUT2D eigenvalue weighted by Crippen LogP contribution is -2.12. The zero-order chi connectivity index (χ0) is 13.4. The Morgan fingerprint density at radius 1 is 1.39 bits per heavy atom. The highest BCUT2D eigenvalue weighted by Gasteiger charge is 2.04. The maximum atomic E-state index is 5.64. The number of hydrogen-bond acceptors (Lipinski definition) is 3. The molecule has 1 aromatic rings. The van der Waals surface area contributed by atoms with Gasteiger partial charge in [0.1, 0.15) is 0 Å². The highest BCUT2D eigenvalue weighted by atomic mass is 16.5. The fraction of sp³-hybridized carbons (Fsp3) is 0.786. The van der Waals surface area contributed by atoms with Gasteiger partial charge in [-0.05, 0) is 25.7 Å². The molecule has 0 atom stereocenters. The van der Waals surface area contributed by atoms with Crippen LogP contribution in [-0.4, -0.2) is 29.3 Å². The molecule has 0 amide bonds. The topological polar surface area (TPSA) is 39.1 Å². The van der Waals surface area contributed by atoms with Crippen molar-refractivity contribution in [3.63, 3.8) is 0 Å². The van der Waals surface area contributed by atoms with E-state index in [0.29, 0.717) is 5.92 Å². The smallest absolute Gasteiger partial charge is 0.203 e. The third-order valence-electron chi connectivity index (χ3n) is 2.75. The van der Waals surface area contributed by atoms with E-state index in [1.807, 2.05) is 6.92 Å². The average Bonchev–Trinajstić information content (AvgIpc) is 2.66. The van der Waals surface area contributed by atoms with Gasteiger partial charge in [0.25, 0.3) is 0 Å². The Morgan fingerprint density at radius 3 is 2.83 bits per heavy atom. The van der Waals surface area contributed by atoms with E-state index in [4.69, 9.17) is 4.74 Å². The lowest BCUT2D eigenvalue weighted by molar-refractivity contribution is 0.116. The Bertz CT molecular complexity index is 334. The molecule has 0 radical (unpaired) electrons. The van der Waals surface area contributed by atoms with Crippen LogP contribution in [0.15, 0.2) is 6.20 Å². The second-order valence-electron chi connectivity index (χ2n) is 5.12. The predicted molar refractivity (Wildman–Crippen MR) is 76.0 cm³/mol. The molecule has 1 rings (SSSR count). The van der Waals surface area contributed by atoms with Crippen LogP contribution < -0.4 is 5.32 Å². The highest BCUT2D eigenvalue weighted by molar-refractivity contribution is 5.28. The molecule has 4 heteroatoms. The van der Waals surface area contributed by atoms with Crippen molar-refractivity contribution in [2.24, 2.45) is 5.92 Å². The molecule has 0 spiro atoms. The number of nitrogens with one attached hydrogen (secondary N) is 1. The SMILES string of the molecule is CCCNc1nc(C)cn1CCOCCC(C)C. The van der Waals surface area contributed by atoms with Crippen molar-refractivity contribution in [2.75, 3.05) is 25.1 Å². The van der Waals surface area contributed by atoms with Gasteiger partial charge in [-0.2, -0.15) is 0 Å². The monoisotopic (exact) mass is 253 g/mol. The van der Waals surface area contributed by atoms with Crippen LogP contribution in [0.2, 0.25) is 0 Å². The number of ether oxygens (including phenoxy) is 1. The van der Waals surface area contributed by atoms with Gasteiger partial charge in [0.15, 0.2) is 0 Å². The van der Waals surface area contributed by atoms with Gasteiger partial charge in [-0.15, -0.1) is 0 Å². The number of anilines is 1. The molecule has 0 bridgehead atoms. The largest absolute Gasteiger partial charge is 0.380 e. The minimum atomic E-state index is 0.710. The van der Waals surface area contributed by atoms with Crippen molar-refractivity contribution in [3.05, 3.63) is 11.9 Å². The number of nitrogens with zero attached hydrogens (tertiary/aromatic N) is 2. The van der Waals surface area contributed by atoms with Crippen molar-refractivity contribution in [1.82, 2.24) is 9.55 Å². The van der Waals surface area contributed by atoms with Gasteiger partial charge < -0.3 is 14.6 Å². The molecule has 1 N–H and O–H groups in total. The molecular weight excluding hydrogens is 226 g/mol. The molecule has 0 aliphatic carbocycles. The Morgan fingerprint density at radius 2 is 2.17 bits per heavy atom. The minimum absolute atomic E-state index is 0.710. The molecule has 18 heavy (non-hydrogen) atoms. The summed E-state index contributed by atoms with van der Waals surface area (Å²) in [5, 5.41) is 3.34. The van der Waals surface area contributed by atoms with Crippen LogP contribution in [-0.2, 0) is 11.3 Å². The maximum Gasteiger partial charge on any atom is 0.203 e. The van der Waals surface area contributed by atoms with Crippen LogP contribution in [0.4, 0.5) is 5.95 Å². The van der Waals surface area contributed by atoms with Gasteiger partial charge >= 0.3 is 0 Å². The zero-order valence-corrected chi connectivity index (χ0v) is 12.2. The van der Waals surface area contributed by atoms with E-state index in [1.54, 1.807) is 0 Å². The van der Waals surface area contributed by atoms with Crippen molar-refractivity contribution < 1.29 is 4.74 Å². The molecule has 4 nitrogen and oxygen atoms in total. The number of rotatable bonds is 9. The summed E-state index contributed by atoms with van der Waals surface area (Å²) < 4.78 is 7.78. The number of hydrogen-bond donors (Lipinski definition) is 1. The second kappa shape index (κ2) is 8.14. The number of aromatic nitrogens is 2. The lowest BCUT2D eigenvalue weighted by Gasteiger charge is -2.10. The second-order valence-corrected chi connectivity index (χ2v) is 5.12. The van der Waals surface area contributed by atoms with E-state index in [9.17, 15) is 0 Å². The summed E-state index contributed by atoms with van der Waals surface area (Å²) in [5.41, 5.74) is 1.05. The summed E-state index contributed by atoms with van der Waals surface area (Å²) >= 11 is 0. The summed E-state index contributed by atoms with van der Waals surface area (Å²) in [6.45, 7) is 12.0. The first-order valence-corrected chi connectivity index (χ1v) is 6.98. The standard InChI is InChI=1S/C14H27N3O/c1-5-7-15-14-16-13(4)11-17(14)8-10-18-9-6-12(2)3/h11-12H,5-10H2,1-4H3,(H,15,16). The van der Waals surface area contributed by atoms with Crippen LogP contribution in [0.5, 0.6) is 0 Å². The van der Waals surface area contributed by atoms with Crippen molar-refractivity contribution in [1.29, 1.82) is 0 Å². The number of aryl methyl sites for hydroxylation is 1. The van der Waals surface area contributed by atoms with Gasteiger partial charge in [0.05, 0.1) is 12.3 Å². The first-order valence-electron chi connectivity index (χ1n) is 6.98. The zero-order valence-electron chi connectivity index (χ0n) is 12.2. The summed E-state index contributed by atoms with van der Waals surface area (Å²) in [6.07, 6.45) is 4.31. The van der Waals surface area contributed by atoms with Gasteiger partial charge in [-0.3, -0.25) is 0 Å². The van der Waals surface area contributed by atoms with Crippen LogP contribution in [0, 0.1) is 12.8 Å². The molecule has 1 aromatic heterocycles. The third-order valence-corrected chi connectivity index (χ3v) is 2.75. The minimum Gasteiger partial charge on any atom is -0.380 e. The highest BCUT2D eigenvalue weighted by Crippen LogP contribution is 2.08. The van der Waals surface area contributed by atoms with E-state index in [2.05, 4.69) is 41.8 Å². The Kier molecular flexibility index (Phi) is 6.80. The average molecular weight is 253 g/mol. The summed E-state index contributed by atoms with van der Waals surface area (Å²) in [7, 11) is 0. The molecular formula is C14H27N3O. The van der Waals surface area contributed by atoms with Crippen molar-refractivity contribution in [3.8, 4) is 0 Å². The molecule has 0 unspecified atom stereocenters. The Balaban J connectivity index is 2.32. The summed E-state index contributed by atoms with van der Waals surface area (Å²) in [6, 6.07) is 0. The fourth-order valence-electron chi connectivity index (χ4n) is 1.68. The molecule has 0 saturated heterocycles. The van der Waals surface area contributed by atoms with Gasteiger partial charge in [-0.25, -0.2) is 4.98 Å². The maximum absolute atomic E-state index is 5.64. The Hall–Kier alpha value is -1.03. The van der Waals surface area contributed by atoms with Crippen LogP contribution in [0.25, 0.3) is 0 Å². The van der Waals surface area contributed by atoms with Crippen molar-refractivity contribution in [2.45, 2.75) is 47.1 Å². The van der Waals surface area contributed by atoms with E-state index in [0.717, 1.165) is 50.8 Å². The van der Waals surface area contributed by atoms with E-state index in [1.165, 1.54) is 0 Å². The van der Waals surface area contributed by atoms with E-state index < -0.39 is 0 Å². The van der Waals surface area contributed by atoms with E-state index in [-0.39, 0.29) is 0 Å². The molecule has 104 valence electrons. The molecule has 0 fully saturated rings. The Labute approximate surface area is 111 Å². The first kappa shape index (κ1) is 15.0. The van der Waals surface area contributed by atoms with Gasteiger partial charge in [-0.1, -0.05) is 20.8 Å². The third kappa shape index (κ3) is 5.54.